The molecule has 3 rings (SSSR count). The van der Waals surface area contributed by atoms with Gasteiger partial charge in [0, 0.05) is 18.8 Å². The van der Waals surface area contributed by atoms with Crippen LogP contribution in [0.4, 0.5) is 0 Å². The van der Waals surface area contributed by atoms with Gasteiger partial charge in [-0.2, -0.15) is 0 Å². The van der Waals surface area contributed by atoms with E-state index in [0.717, 1.165) is 30.9 Å². The largest absolute Gasteiger partial charge is 0.350 e. The molecule has 1 unspecified atom stereocenters. The Morgan fingerprint density at radius 2 is 2.22 bits per heavy atom. The second kappa shape index (κ2) is 9.33. The molecular weight excluding hydrogens is 359 g/mol. The van der Waals surface area contributed by atoms with Crippen molar-refractivity contribution in [2.75, 3.05) is 13.1 Å². The first-order chi connectivity index (χ1) is 10.2. The molecule has 0 bridgehead atoms. The van der Waals surface area contributed by atoms with Gasteiger partial charge in [0.2, 0.25) is 5.91 Å². The fourth-order valence-electron chi connectivity index (χ4n) is 2.68. The Morgan fingerprint density at radius 3 is 2.96 bits per heavy atom. The van der Waals surface area contributed by atoms with Gasteiger partial charge in [0.1, 0.15) is 5.65 Å². The first-order valence-corrected chi connectivity index (χ1v) is 7.69. The lowest BCUT2D eigenvalue weighted by Gasteiger charge is -2.07. The van der Waals surface area contributed by atoms with Crippen LogP contribution in [0.1, 0.15) is 25.0 Å². The highest BCUT2D eigenvalue weighted by Gasteiger charge is 2.15. The molecule has 128 valence electrons. The first-order valence-electron chi connectivity index (χ1n) is 7.31. The van der Waals surface area contributed by atoms with E-state index in [9.17, 15) is 4.79 Å². The van der Waals surface area contributed by atoms with Gasteiger partial charge in [-0.1, -0.05) is 11.6 Å². The molecule has 0 aromatic carbocycles. The summed E-state index contributed by atoms with van der Waals surface area (Å²) in [5.41, 5.74) is 1.67. The smallest absolute Gasteiger partial charge is 0.220 e. The standard InChI is InChI=1S/C15H19ClN4O.2ClH/c16-12-2-3-14-19-13(10-20(14)9-12)8-18-15(21)4-1-11-5-6-17-7-11;;/h2-3,9-11,17H,1,4-8H2,(H,18,21);2*1H. The third-order valence-corrected chi connectivity index (χ3v) is 4.10. The van der Waals surface area contributed by atoms with E-state index in [4.69, 9.17) is 11.6 Å². The van der Waals surface area contributed by atoms with E-state index < -0.39 is 0 Å². The fraction of sp³-hybridized carbons (Fsp3) is 0.467. The number of amides is 1. The van der Waals surface area contributed by atoms with Gasteiger partial charge in [-0.05, 0) is 44.0 Å². The maximum atomic E-state index is 11.9. The highest BCUT2D eigenvalue weighted by atomic mass is 35.5. The van der Waals surface area contributed by atoms with Crippen LogP contribution >= 0.6 is 36.4 Å². The lowest BCUT2D eigenvalue weighted by Crippen LogP contribution is -2.23. The van der Waals surface area contributed by atoms with E-state index in [0.29, 0.717) is 23.9 Å². The SMILES string of the molecule is Cl.Cl.O=C(CCC1CCNC1)NCc1cn2cc(Cl)ccc2n1. The van der Waals surface area contributed by atoms with E-state index in [2.05, 4.69) is 15.6 Å². The molecule has 0 aliphatic carbocycles. The molecule has 0 saturated carbocycles. The number of nitrogens with one attached hydrogen (secondary N) is 2. The molecule has 2 aromatic heterocycles. The molecule has 3 heterocycles. The van der Waals surface area contributed by atoms with Crippen LogP contribution in [-0.4, -0.2) is 28.4 Å². The van der Waals surface area contributed by atoms with Gasteiger partial charge in [0.25, 0.3) is 0 Å². The molecule has 1 atom stereocenters. The Balaban J connectivity index is 0.00000132. The summed E-state index contributed by atoms with van der Waals surface area (Å²) >= 11 is 5.94. The fourth-order valence-corrected chi connectivity index (χ4v) is 2.84. The van der Waals surface area contributed by atoms with Crippen LogP contribution in [0.5, 0.6) is 0 Å². The highest BCUT2D eigenvalue weighted by Crippen LogP contribution is 2.14. The van der Waals surface area contributed by atoms with E-state index in [-0.39, 0.29) is 30.7 Å². The summed E-state index contributed by atoms with van der Waals surface area (Å²) in [6.45, 7) is 2.58. The number of nitrogens with zero attached hydrogens (tertiary/aromatic N) is 2. The number of hydrogen-bond donors (Lipinski definition) is 2. The van der Waals surface area contributed by atoms with Crippen molar-refractivity contribution in [2.24, 2.45) is 5.92 Å². The number of fused-ring (bicyclic) bond motifs is 1. The van der Waals surface area contributed by atoms with Crippen molar-refractivity contribution < 1.29 is 4.79 Å². The van der Waals surface area contributed by atoms with Crippen molar-refractivity contribution in [1.82, 2.24) is 20.0 Å². The molecule has 8 heteroatoms. The van der Waals surface area contributed by atoms with Gasteiger partial charge in [-0.25, -0.2) is 4.98 Å². The van der Waals surface area contributed by atoms with Crippen LogP contribution in [0.3, 0.4) is 0 Å². The molecule has 23 heavy (non-hydrogen) atoms. The van der Waals surface area contributed by atoms with E-state index in [1.54, 1.807) is 0 Å². The maximum Gasteiger partial charge on any atom is 0.220 e. The number of pyridine rings is 1. The summed E-state index contributed by atoms with van der Waals surface area (Å²) < 4.78 is 1.87. The Kier molecular flexibility index (Phi) is 8.12. The number of aromatic nitrogens is 2. The van der Waals surface area contributed by atoms with Gasteiger partial charge in [0.05, 0.1) is 17.3 Å². The van der Waals surface area contributed by atoms with E-state index in [1.807, 2.05) is 28.9 Å². The van der Waals surface area contributed by atoms with Crippen LogP contribution in [-0.2, 0) is 11.3 Å². The first kappa shape index (κ1) is 20.0. The van der Waals surface area contributed by atoms with Crippen LogP contribution in [0.25, 0.3) is 5.65 Å². The van der Waals surface area contributed by atoms with Gasteiger partial charge >= 0.3 is 0 Å². The minimum Gasteiger partial charge on any atom is -0.350 e. The highest BCUT2D eigenvalue weighted by molar-refractivity contribution is 6.30. The molecule has 2 N–H and O–H groups in total. The van der Waals surface area contributed by atoms with Gasteiger partial charge in [-0.3, -0.25) is 4.79 Å². The summed E-state index contributed by atoms with van der Waals surface area (Å²) in [7, 11) is 0. The predicted molar refractivity (Wildman–Crippen MR) is 96.8 cm³/mol. The zero-order valence-electron chi connectivity index (χ0n) is 12.6. The average Bonchev–Trinajstić information content (AvgIpc) is 3.11. The molecule has 5 nitrogen and oxygen atoms in total. The Morgan fingerprint density at radius 1 is 1.39 bits per heavy atom. The van der Waals surface area contributed by atoms with Crippen LogP contribution in [0.15, 0.2) is 24.5 Å². The summed E-state index contributed by atoms with van der Waals surface area (Å²) in [5, 5.41) is 6.92. The lowest BCUT2D eigenvalue weighted by molar-refractivity contribution is -0.121. The number of carbonyl (C=O) groups excluding carboxylic acids is 1. The Hall–Kier alpha value is -1.01. The van der Waals surface area contributed by atoms with Crippen molar-refractivity contribution in [1.29, 1.82) is 0 Å². The number of halogens is 3. The van der Waals surface area contributed by atoms with Gasteiger partial charge in [0.15, 0.2) is 0 Å². The number of imidazole rings is 1. The van der Waals surface area contributed by atoms with Crippen LogP contribution < -0.4 is 10.6 Å². The molecule has 0 radical (unpaired) electrons. The van der Waals surface area contributed by atoms with Crippen molar-refractivity contribution in [3.63, 3.8) is 0 Å². The van der Waals surface area contributed by atoms with Crippen LogP contribution in [0.2, 0.25) is 5.02 Å². The molecule has 1 amide bonds. The van der Waals surface area contributed by atoms with Crippen molar-refractivity contribution >= 4 is 48.0 Å². The molecular formula is C15H21Cl3N4O. The van der Waals surface area contributed by atoms with E-state index >= 15 is 0 Å². The summed E-state index contributed by atoms with van der Waals surface area (Å²) in [6.07, 6.45) is 6.43. The van der Waals surface area contributed by atoms with Crippen molar-refractivity contribution in [3.8, 4) is 0 Å². The third-order valence-electron chi connectivity index (χ3n) is 3.87. The zero-order valence-corrected chi connectivity index (χ0v) is 15.0. The lowest BCUT2D eigenvalue weighted by atomic mass is 10.0. The quantitative estimate of drug-likeness (QED) is 0.840. The molecule has 1 aliphatic rings. The van der Waals surface area contributed by atoms with Gasteiger partial charge in [-0.15, -0.1) is 24.8 Å². The number of carbonyl (C=O) groups is 1. The zero-order chi connectivity index (χ0) is 14.7. The summed E-state index contributed by atoms with van der Waals surface area (Å²) in [4.78, 5) is 16.3. The second-order valence-electron chi connectivity index (χ2n) is 5.52. The average molecular weight is 380 g/mol. The number of rotatable bonds is 5. The minimum atomic E-state index is 0. The molecule has 2 aromatic rings. The van der Waals surface area contributed by atoms with Crippen molar-refractivity contribution in [2.45, 2.75) is 25.8 Å². The van der Waals surface area contributed by atoms with Crippen LogP contribution in [0, 0.1) is 5.92 Å². The Bertz CT molecular complexity index is 641. The topological polar surface area (TPSA) is 58.4 Å². The molecule has 0 spiro atoms. The molecule has 1 aliphatic heterocycles. The third kappa shape index (κ3) is 5.53. The predicted octanol–water partition coefficient (Wildman–Crippen LogP) is 2.84. The summed E-state index contributed by atoms with van der Waals surface area (Å²) in [6, 6.07) is 3.67. The monoisotopic (exact) mass is 378 g/mol. The normalized spacial score (nSPS) is 16.7. The second-order valence-corrected chi connectivity index (χ2v) is 5.96. The van der Waals surface area contributed by atoms with Gasteiger partial charge < -0.3 is 15.0 Å². The molecule has 1 fully saturated rings. The maximum absolute atomic E-state index is 11.9. The number of hydrogen-bond acceptors (Lipinski definition) is 3. The van der Waals surface area contributed by atoms with E-state index in [1.165, 1.54) is 6.42 Å². The minimum absolute atomic E-state index is 0. The molecule has 1 saturated heterocycles. The Labute approximate surface area is 153 Å². The van der Waals surface area contributed by atoms with Crippen molar-refractivity contribution in [3.05, 3.63) is 35.2 Å². The summed E-state index contributed by atoms with van der Waals surface area (Å²) in [5.74, 6) is 0.741.